The first-order valence-corrected chi connectivity index (χ1v) is 7.39. The molecule has 0 spiro atoms. The molecule has 2 N–H and O–H groups in total. The number of rotatable bonds is 5. The van der Waals surface area contributed by atoms with Crippen LogP contribution < -0.4 is 5.32 Å². The first-order valence-electron chi connectivity index (χ1n) is 7.01. The molecule has 1 aliphatic rings. The summed E-state index contributed by atoms with van der Waals surface area (Å²) in [4.78, 5) is 14.3. The maximum absolute atomic E-state index is 12.6. The molecule has 1 heterocycles. The highest BCUT2D eigenvalue weighted by Crippen LogP contribution is 2.18. The Bertz CT molecular complexity index is 473. The summed E-state index contributed by atoms with van der Waals surface area (Å²) in [5.41, 5.74) is 1.52. The quantitative estimate of drug-likeness (QED) is 0.872. The smallest absolute Gasteiger partial charge is 0.254 e. The molecule has 1 amide bonds. The van der Waals surface area contributed by atoms with Crippen LogP contribution in [0.2, 0.25) is 5.02 Å². The van der Waals surface area contributed by atoms with Gasteiger partial charge in [0, 0.05) is 29.7 Å². The molecule has 1 aromatic carbocycles. The molecule has 1 aromatic rings. The lowest BCUT2D eigenvalue weighted by atomic mass is 10.1. The Morgan fingerprint density at radius 1 is 1.55 bits per heavy atom. The fraction of sp³-hybridized carbons (Fsp3) is 0.533. The fourth-order valence-electron chi connectivity index (χ4n) is 2.57. The van der Waals surface area contributed by atoms with Crippen LogP contribution in [0.1, 0.15) is 28.8 Å². The third-order valence-corrected chi connectivity index (χ3v) is 3.93. The molecule has 0 bridgehead atoms. The molecule has 20 heavy (non-hydrogen) atoms. The summed E-state index contributed by atoms with van der Waals surface area (Å²) < 4.78 is 0. The van der Waals surface area contributed by atoms with Gasteiger partial charge in [0.05, 0.1) is 6.61 Å². The highest BCUT2D eigenvalue weighted by atomic mass is 35.5. The minimum absolute atomic E-state index is 0.0297. The van der Waals surface area contributed by atoms with Gasteiger partial charge in [-0.1, -0.05) is 17.7 Å². The van der Waals surface area contributed by atoms with Crippen molar-refractivity contribution in [2.45, 2.75) is 25.8 Å². The molecule has 110 valence electrons. The van der Waals surface area contributed by atoms with Crippen LogP contribution in [0.3, 0.4) is 0 Å². The number of aliphatic hydroxyl groups excluding tert-OH is 1. The lowest BCUT2D eigenvalue weighted by Gasteiger charge is -2.26. The van der Waals surface area contributed by atoms with E-state index in [2.05, 4.69) is 5.32 Å². The van der Waals surface area contributed by atoms with Crippen molar-refractivity contribution in [3.05, 3.63) is 34.3 Å². The molecule has 4 nitrogen and oxygen atoms in total. The second-order valence-corrected chi connectivity index (χ2v) is 5.66. The van der Waals surface area contributed by atoms with Crippen molar-refractivity contribution in [2.24, 2.45) is 0 Å². The number of nitrogens with one attached hydrogen (secondary N) is 1. The van der Waals surface area contributed by atoms with Gasteiger partial charge in [-0.2, -0.15) is 0 Å². The molecule has 1 fully saturated rings. The van der Waals surface area contributed by atoms with Crippen LogP contribution in [0.25, 0.3) is 0 Å². The van der Waals surface area contributed by atoms with E-state index in [-0.39, 0.29) is 12.5 Å². The SMILES string of the molecule is Cc1ccc(Cl)cc1C(=O)N(CCO)CC1CCCN1. The van der Waals surface area contributed by atoms with Gasteiger partial charge in [0.15, 0.2) is 0 Å². The van der Waals surface area contributed by atoms with E-state index in [0.29, 0.717) is 29.7 Å². The fourth-order valence-corrected chi connectivity index (χ4v) is 2.74. The predicted octanol–water partition coefficient (Wildman–Crippen LogP) is 1.83. The highest BCUT2D eigenvalue weighted by molar-refractivity contribution is 6.31. The summed E-state index contributed by atoms with van der Waals surface area (Å²) in [6.45, 7) is 3.85. The van der Waals surface area contributed by atoms with Crippen molar-refractivity contribution in [1.29, 1.82) is 0 Å². The number of nitrogens with zero attached hydrogens (tertiary/aromatic N) is 1. The van der Waals surface area contributed by atoms with Gasteiger partial charge in [-0.15, -0.1) is 0 Å². The number of amides is 1. The van der Waals surface area contributed by atoms with Crippen LogP contribution in [-0.4, -0.2) is 48.2 Å². The molecule has 5 heteroatoms. The molecule has 0 aliphatic carbocycles. The van der Waals surface area contributed by atoms with Crippen LogP contribution in [0, 0.1) is 6.92 Å². The van der Waals surface area contributed by atoms with Crippen LogP contribution in [0.5, 0.6) is 0 Å². The lowest BCUT2D eigenvalue weighted by molar-refractivity contribution is 0.0706. The first kappa shape index (κ1) is 15.3. The topological polar surface area (TPSA) is 52.6 Å². The van der Waals surface area contributed by atoms with Crippen LogP contribution in [-0.2, 0) is 0 Å². The average molecular weight is 297 g/mol. The van der Waals surface area contributed by atoms with Gasteiger partial charge in [0.25, 0.3) is 5.91 Å². The lowest BCUT2D eigenvalue weighted by Crippen LogP contribution is -2.42. The van der Waals surface area contributed by atoms with Gasteiger partial charge in [-0.05, 0) is 44.0 Å². The molecule has 0 aromatic heterocycles. The van der Waals surface area contributed by atoms with Gasteiger partial charge in [-0.3, -0.25) is 4.79 Å². The van der Waals surface area contributed by atoms with Crippen LogP contribution in [0.4, 0.5) is 0 Å². The Morgan fingerprint density at radius 3 is 3.00 bits per heavy atom. The number of carbonyl (C=O) groups excluding carboxylic acids is 1. The predicted molar refractivity (Wildman–Crippen MR) is 80.2 cm³/mol. The number of carbonyl (C=O) groups is 1. The highest BCUT2D eigenvalue weighted by Gasteiger charge is 2.23. The average Bonchev–Trinajstić information content (AvgIpc) is 2.93. The van der Waals surface area contributed by atoms with Gasteiger partial charge in [0.2, 0.25) is 0 Å². The van der Waals surface area contributed by atoms with Crippen molar-refractivity contribution in [1.82, 2.24) is 10.2 Å². The van der Waals surface area contributed by atoms with E-state index in [1.165, 1.54) is 0 Å². The minimum atomic E-state index is -0.0623. The van der Waals surface area contributed by atoms with Crippen LogP contribution >= 0.6 is 11.6 Å². The third-order valence-electron chi connectivity index (χ3n) is 3.69. The third kappa shape index (κ3) is 3.72. The molecule has 2 rings (SSSR count). The number of aliphatic hydroxyl groups is 1. The second-order valence-electron chi connectivity index (χ2n) is 5.23. The zero-order valence-corrected chi connectivity index (χ0v) is 12.5. The monoisotopic (exact) mass is 296 g/mol. The molecule has 0 radical (unpaired) electrons. The summed E-state index contributed by atoms with van der Waals surface area (Å²) in [6, 6.07) is 5.65. The van der Waals surface area contributed by atoms with Gasteiger partial charge >= 0.3 is 0 Å². The maximum atomic E-state index is 12.6. The summed E-state index contributed by atoms with van der Waals surface area (Å²) in [5.74, 6) is -0.0623. The molecule has 1 aliphatic heterocycles. The zero-order valence-electron chi connectivity index (χ0n) is 11.7. The van der Waals surface area contributed by atoms with Gasteiger partial charge in [-0.25, -0.2) is 0 Å². The second kappa shape index (κ2) is 7.07. The Labute approximate surface area is 124 Å². The number of benzene rings is 1. The van der Waals surface area contributed by atoms with Crippen molar-refractivity contribution in [3.63, 3.8) is 0 Å². The van der Waals surface area contributed by atoms with Gasteiger partial charge < -0.3 is 15.3 Å². The molecular weight excluding hydrogens is 276 g/mol. The zero-order chi connectivity index (χ0) is 14.5. The Balaban J connectivity index is 2.14. The largest absolute Gasteiger partial charge is 0.395 e. The summed E-state index contributed by atoms with van der Waals surface area (Å²) >= 11 is 5.98. The molecular formula is C15H21ClN2O2. The van der Waals surface area contributed by atoms with E-state index in [1.54, 1.807) is 17.0 Å². The van der Waals surface area contributed by atoms with Gasteiger partial charge in [0.1, 0.15) is 0 Å². The Kier molecular flexibility index (Phi) is 5.40. The van der Waals surface area contributed by atoms with E-state index in [0.717, 1.165) is 24.9 Å². The van der Waals surface area contributed by atoms with Crippen molar-refractivity contribution < 1.29 is 9.90 Å². The summed E-state index contributed by atoms with van der Waals surface area (Å²) in [6.07, 6.45) is 2.21. The van der Waals surface area contributed by atoms with E-state index < -0.39 is 0 Å². The van der Waals surface area contributed by atoms with Crippen molar-refractivity contribution >= 4 is 17.5 Å². The first-order chi connectivity index (χ1) is 9.61. The summed E-state index contributed by atoms with van der Waals surface area (Å²) in [5, 5.41) is 13.1. The molecule has 1 saturated heterocycles. The molecule has 1 atom stereocenters. The normalized spacial score (nSPS) is 18.2. The maximum Gasteiger partial charge on any atom is 0.254 e. The minimum Gasteiger partial charge on any atom is -0.395 e. The Hall–Kier alpha value is -1.10. The van der Waals surface area contributed by atoms with E-state index in [1.807, 2.05) is 13.0 Å². The molecule has 0 saturated carbocycles. The Morgan fingerprint density at radius 2 is 2.35 bits per heavy atom. The van der Waals surface area contributed by atoms with E-state index in [4.69, 9.17) is 11.6 Å². The van der Waals surface area contributed by atoms with E-state index >= 15 is 0 Å². The van der Waals surface area contributed by atoms with Crippen molar-refractivity contribution in [3.8, 4) is 0 Å². The van der Waals surface area contributed by atoms with Crippen LogP contribution in [0.15, 0.2) is 18.2 Å². The molecule has 1 unspecified atom stereocenters. The number of halogens is 1. The number of hydrogen-bond donors (Lipinski definition) is 2. The number of hydrogen-bond acceptors (Lipinski definition) is 3. The number of aryl methyl sites for hydroxylation is 1. The van der Waals surface area contributed by atoms with E-state index in [9.17, 15) is 9.90 Å². The van der Waals surface area contributed by atoms with Crippen molar-refractivity contribution in [2.75, 3.05) is 26.2 Å². The summed E-state index contributed by atoms with van der Waals surface area (Å²) in [7, 11) is 0. The standard InChI is InChI=1S/C15H21ClN2O2/c1-11-4-5-12(16)9-14(11)15(20)18(7-8-19)10-13-3-2-6-17-13/h4-5,9,13,17,19H,2-3,6-8,10H2,1H3.